The van der Waals surface area contributed by atoms with Gasteiger partial charge in [-0.1, -0.05) is 30.3 Å². The van der Waals surface area contributed by atoms with Crippen LogP contribution in [0.2, 0.25) is 0 Å². The van der Waals surface area contributed by atoms with E-state index in [-0.39, 0.29) is 22.9 Å². The van der Waals surface area contributed by atoms with Gasteiger partial charge in [-0.15, -0.1) is 0 Å². The van der Waals surface area contributed by atoms with E-state index < -0.39 is 21.7 Å². The molecular formula is C21H23N3O5S. The molecule has 1 heterocycles. The molecule has 158 valence electrons. The Morgan fingerprint density at radius 1 is 0.933 bits per heavy atom. The maximum atomic E-state index is 13.1. The van der Waals surface area contributed by atoms with Crippen LogP contribution < -0.4 is 0 Å². The summed E-state index contributed by atoms with van der Waals surface area (Å²) in [5.41, 5.74) is 0.484. The van der Waals surface area contributed by atoms with Gasteiger partial charge in [0.25, 0.3) is 17.7 Å². The number of hydrazine groups is 1. The van der Waals surface area contributed by atoms with E-state index in [2.05, 4.69) is 0 Å². The number of amides is 3. The van der Waals surface area contributed by atoms with Crippen molar-refractivity contribution >= 4 is 27.6 Å². The fraction of sp³-hybridized carbons (Fsp3) is 0.286. The third-order valence-electron chi connectivity index (χ3n) is 4.81. The number of rotatable bonds is 5. The van der Waals surface area contributed by atoms with E-state index in [1.54, 1.807) is 42.5 Å². The maximum absolute atomic E-state index is 13.1. The summed E-state index contributed by atoms with van der Waals surface area (Å²) < 4.78 is 24.1. The monoisotopic (exact) mass is 429 g/mol. The normalized spacial score (nSPS) is 13.9. The van der Waals surface area contributed by atoms with E-state index in [9.17, 15) is 22.8 Å². The van der Waals surface area contributed by atoms with Gasteiger partial charge in [-0.3, -0.25) is 14.4 Å². The molecule has 0 spiro atoms. The van der Waals surface area contributed by atoms with Crippen LogP contribution in [0.5, 0.6) is 0 Å². The van der Waals surface area contributed by atoms with E-state index in [1.807, 2.05) is 0 Å². The highest BCUT2D eigenvalue weighted by molar-refractivity contribution is 7.90. The molecule has 3 rings (SSSR count). The van der Waals surface area contributed by atoms with Crippen LogP contribution in [0, 0.1) is 0 Å². The number of hydrogen-bond donors (Lipinski definition) is 0. The summed E-state index contributed by atoms with van der Waals surface area (Å²) in [5, 5.41) is 2.54. The van der Waals surface area contributed by atoms with Crippen molar-refractivity contribution in [3.8, 4) is 0 Å². The molecule has 2 aromatic carbocycles. The Labute approximate surface area is 175 Å². The molecule has 8 nitrogen and oxygen atoms in total. The zero-order chi connectivity index (χ0) is 21.9. The first-order valence-electron chi connectivity index (χ1n) is 9.42. The third kappa shape index (κ3) is 4.51. The Balaban J connectivity index is 1.77. The minimum atomic E-state index is -3.61. The molecule has 30 heavy (non-hydrogen) atoms. The van der Waals surface area contributed by atoms with Crippen molar-refractivity contribution in [3.63, 3.8) is 0 Å². The summed E-state index contributed by atoms with van der Waals surface area (Å²) in [4.78, 5) is 39.6. The van der Waals surface area contributed by atoms with Crippen LogP contribution in [0.3, 0.4) is 0 Å². The van der Waals surface area contributed by atoms with Crippen LogP contribution >= 0.6 is 0 Å². The van der Waals surface area contributed by atoms with Crippen molar-refractivity contribution in [1.82, 2.24) is 14.9 Å². The second kappa shape index (κ2) is 8.66. The SMILES string of the molecule is CN(CC(=O)N1CCCN1C(=O)c1ccccc1S(C)(=O)=O)C(=O)c1ccccc1. The lowest BCUT2D eigenvalue weighted by Crippen LogP contribution is -2.49. The predicted octanol–water partition coefficient (Wildman–Crippen LogP) is 1.45. The summed E-state index contributed by atoms with van der Waals surface area (Å²) in [5.74, 6) is -1.27. The first-order chi connectivity index (χ1) is 14.2. The van der Waals surface area contributed by atoms with Crippen LogP contribution in [0.4, 0.5) is 0 Å². The average molecular weight is 429 g/mol. The van der Waals surface area contributed by atoms with E-state index in [0.29, 0.717) is 25.1 Å². The Morgan fingerprint density at radius 2 is 1.53 bits per heavy atom. The van der Waals surface area contributed by atoms with Crippen molar-refractivity contribution < 1.29 is 22.8 Å². The molecule has 3 amide bonds. The standard InChI is InChI=1S/C21H23N3O5S/c1-22(20(26)16-9-4-3-5-10-16)15-19(25)23-13-8-14-24(23)21(27)17-11-6-7-12-18(17)30(2,28)29/h3-7,9-12H,8,13-15H2,1-2H3. The number of benzene rings is 2. The topological polar surface area (TPSA) is 95.1 Å². The summed E-state index contributed by atoms with van der Waals surface area (Å²) in [6.07, 6.45) is 1.60. The van der Waals surface area contributed by atoms with Gasteiger partial charge in [0.2, 0.25) is 0 Å². The maximum Gasteiger partial charge on any atom is 0.273 e. The molecule has 0 N–H and O–H groups in total. The van der Waals surface area contributed by atoms with Crippen LogP contribution in [0.15, 0.2) is 59.5 Å². The lowest BCUT2D eigenvalue weighted by atomic mass is 10.2. The van der Waals surface area contributed by atoms with Crippen LogP contribution in [0.25, 0.3) is 0 Å². The molecule has 1 aliphatic rings. The molecule has 0 radical (unpaired) electrons. The van der Waals surface area contributed by atoms with Gasteiger partial charge in [-0.25, -0.2) is 18.4 Å². The molecule has 0 atom stereocenters. The number of sulfone groups is 1. The van der Waals surface area contributed by atoms with Crippen LogP contribution in [-0.4, -0.2) is 74.0 Å². The Morgan fingerprint density at radius 3 is 2.20 bits per heavy atom. The smallest absolute Gasteiger partial charge is 0.273 e. The molecule has 0 unspecified atom stereocenters. The average Bonchev–Trinajstić information content (AvgIpc) is 3.22. The molecule has 0 bridgehead atoms. The van der Waals surface area contributed by atoms with Gasteiger partial charge in [0.05, 0.1) is 10.5 Å². The summed E-state index contributed by atoms with van der Waals surface area (Å²) in [7, 11) is -2.09. The van der Waals surface area contributed by atoms with Gasteiger partial charge in [0, 0.05) is 32.0 Å². The number of nitrogens with zero attached hydrogens (tertiary/aromatic N) is 3. The van der Waals surface area contributed by atoms with E-state index in [1.165, 1.54) is 34.1 Å². The van der Waals surface area contributed by atoms with Gasteiger partial charge >= 0.3 is 0 Å². The Kier molecular flexibility index (Phi) is 6.21. The number of likely N-dealkylation sites (N-methyl/N-ethyl adjacent to an activating group) is 1. The number of carbonyl (C=O) groups is 3. The van der Waals surface area contributed by atoms with Crippen LogP contribution in [-0.2, 0) is 14.6 Å². The fourth-order valence-electron chi connectivity index (χ4n) is 3.35. The lowest BCUT2D eigenvalue weighted by molar-refractivity contribution is -0.141. The third-order valence-corrected chi connectivity index (χ3v) is 5.97. The molecule has 0 saturated carbocycles. The second-order valence-electron chi connectivity index (χ2n) is 7.09. The van der Waals surface area contributed by atoms with Crippen molar-refractivity contribution in [1.29, 1.82) is 0 Å². The van der Waals surface area contributed by atoms with Crippen molar-refractivity contribution in [3.05, 3.63) is 65.7 Å². The highest BCUT2D eigenvalue weighted by Crippen LogP contribution is 2.21. The Hall–Kier alpha value is -3.20. The van der Waals surface area contributed by atoms with Crippen molar-refractivity contribution in [2.75, 3.05) is 32.9 Å². The number of hydrogen-bond acceptors (Lipinski definition) is 5. The van der Waals surface area contributed by atoms with Gasteiger partial charge in [0.1, 0.15) is 6.54 Å². The molecule has 1 saturated heterocycles. The summed E-state index contributed by atoms with van der Waals surface area (Å²) in [6.45, 7) is 0.406. The molecule has 1 aliphatic heterocycles. The molecular weight excluding hydrogens is 406 g/mol. The van der Waals surface area contributed by atoms with Gasteiger partial charge in [-0.2, -0.15) is 0 Å². The molecule has 0 aliphatic carbocycles. The second-order valence-corrected chi connectivity index (χ2v) is 9.08. The van der Waals surface area contributed by atoms with Gasteiger partial charge < -0.3 is 4.90 Å². The lowest BCUT2D eigenvalue weighted by Gasteiger charge is -2.30. The zero-order valence-electron chi connectivity index (χ0n) is 16.8. The largest absolute Gasteiger partial charge is 0.332 e. The molecule has 1 fully saturated rings. The highest BCUT2D eigenvalue weighted by Gasteiger charge is 2.34. The van der Waals surface area contributed by atoms with Crippen LogP contribution in [0.1, 0.15) is 27.1 Å². The predicted molar refractivity (Wildman–Crippen MR) is 110 cm³/mol. The van der Waals surface area contributed by atoms with Crippen molar-refractivity contribution in [2.45, 2.75) is 11.3 Å². The van der Waals surface area contributed by atoms with E-state index >= 15 is 0 Å². The van der Waals surface area contributed by atoms with E-state index in [4.69, 9.17) is 0 Å². The van der Waals surface area contributed by atoms with Gasteiger partial charge in [0.15, 0.2) is 9.84 Å². The highest BCUT2D eigenvalue weighted by atomic mass is 32.2. The van der Waals surface area contributed by atoms with Crippen molar-refractivity contribution in [2.24, 2.45) is 0 Å². The first-order valence-corrected chi connectivity index (χ1v) is 11.3. The summed E-state index contributed by atoms with van der Waals surface area (Å²) >= 11 is 0. The first kappa shape index (κ1) is 21.5. The number of carbonyl (C=O) groups excluding carboxylic acids is 3. The minimum absolute atomic E-state index is 0.0217. The molecule has 2 aromatic rings. The fourth-order valence-corrected chi connectivity index (χ4v) is 4.23. The molecule has 0 aromatic heterocycles. The van der Waals surface area contributed by atoms with Gasteiger partial charge in [-0.05, 0) is 30.7 Å². The summed E-state index contributed by atoms with van der Waals surface area (Å²) in [6, 6.07) is 14.5. The van der Waals surface area contributed by atoms with E-state index in [0.717, 1.165) is 6.26 Å². The molecule has 9 heteroatoms. The Bertz CT molecular complexity index is 1070. The minimum Gasteiger partial charge on any atom is -0.332 e. The zero-order valence-corrected chi connectivity index (χ0v) is 17.6. The quantitative estimate of drug-likeness (QED) is 0.717.